The fraction of sp³-hybridized carbons (Fsp3) is 0.571. The zero-order chi connectivity index (χ0) is 15.5. The van der Waals surface area contributed by atoms with Gasteiger partial charge in [0, 0.05) is 31.8 Å². The van der Waals surface area contributed by atoms with Crippen molar-refractivity contribution in [1.29, 1.82) is 0 Å². The standard InChI is InChI=1S/C14H22N2O5/c1-2-20-7-8-21-11-14(17)10-15-9-12-3-5-13(6-4-12)16(18)19/h3-6,14-15,17H,2,7-11H2,1H3. The first-order valence-corrected chi connectivity index (χ1v) is 6.91. The highest BCUT2D eigenvalue weighted by atomic mass is 16.6. The summed E-state index contributed by atoms with van der Waals surface area (Å²) in [6.07, 6.45) is -0.593. The van der Waals surface area contributed by atoms with Crippen LogP contribution >= 0.6 is 0 Å². The number of nitrogens with zero attached hydrogens (tertiary/aromatic N) is 1. The van der Waals surface area contributed by atoms with Crippen molar-refractivity contribution in [3.8, 4) is 0 Å². The van der Waals surface area contributed by atoms with Crippen LogP contribution in [0.4, 0.5) is 5.69 Å². The lowest BCUT2D eigenvalue weighted by Crippen LogP contribution is -2.30. The van der Waals surface area contributed by atoms with E-state index in [4.69, 9.17) is 9.47 Å². The van der Waals surface area contributed by atoms with Crippen LogP contribution in [0.15, 0.2) is 24.3 Å². The van der Waals surface area contributed by atoms with E-state index in [0.717, 1.165) is 5.56 Å². The Morgan fingerprint density at radius 3 is 2.57 bits per heavy atom. The molecule has 0 aliphatic heterocycles. The first-order valence-electron chi connectivity index (χ1n) is 6.91. The molecule has 0 heterocycles. The number of nitro benzene ring substituents is 1. The molecule has 118 valence electrons. The predicted molar refractivity (Wildman–Crippen MR) is 78.1 cm³/mol. The minimum atomic E-state index is -0.593. The van der Waals surface area contributed by atoms with E-state index >= 15 is 0 Å². The average molecular weight is 298 g/mol. The Bertz CT molecular complexity index is 410. The first-order chi connectivity index (χ1) is 10.1. The summed E-state index contributed by atoms with van der Waals surface area (Å²) in [6, 6.07) is 6.31. The summed E-state index contributed by atoms with van der Waals surface area (Å²) in [5.74, 6) is 0. The number of benzene rings is 1. The molecule has 0 aromatic heterocycles. The van der Waals surface area contributed by atoms with Crippen molar-refractivity contribution < 1.29 is 19.5 Å². The van der Waals surface area contributed by atoms with E-state index in [1.54, 1.807) is 12.1 Å². The Morgan fingerprint density at radius 2 is 1.95 bits per heavy atom. The topological polar surface area (TPSA) is 93.9 Å². The van der Waals surface area contributed by atoms with Gasteiger partial charge in [-0.3, -0.25) is 10.1 Å². The molecule has 0 aliphatic rings. The second kappa shape index (κ2) is 10.2. The summed E-state index contributed by atoms with van der Waals surface area (Å²) in [5.41, 5.74) is 0.992. The van der Waals surface area contributed by atoms with Gasteiger partial charge in [0.2, 0.25) is 0 Å². The molecule has 1 unspecified atom stereocenters. The fourth-order valence-corrected chi connectivity index (χ4v) is 1.66. The Morgan fingerprint density at radius 1 is 1.29 bits per heavy atom. The minimum Gasteiger partial charge on any atom is -0.389 e. The van der Waals surface area contributed by atoms with Crippen LogP contribution in [-0.2, 0) is 16.0 Å². The molecule has 0 fully saturated rings. The Labute approximate surface area is 124 Å². The smallest absolute Gasteiger partial charge is 0.269 e. The lowest BCUT2D eigenvalue weighted by atomic mass is 10.2. The van der Waals surface area contributed by atoms with Gasteiger partial charge in [-0.25, -0.2) is 0 Å². The molecule has 0 saturated carbocycles. The van der Waals surface area contributed by atoms with Crippen LogP contribution in [-0.4, -0.2) is 49.1 Å². The normalized spacial score (nSPS) is 12.3. The zero-order valence-electron chi connectivity index (χ0n) is 12.2. The maximum Gasteiger partial charge on any atom is 0.269 e. The molecular weight excluding hydrogens is 276 g/mol. The molecule has 0 radical (unpaired) electrons. The lowest BCUT2D eigenvalue weighted by molar-refractivity contribution is -0.384. The summed E-state index contributed by atoms with van der Waals surface area (Å²) in [4.78, 5) is 10.1. The van der Waals surface area contributed by atoms with Gasteiger partial charge in [0.25, 0.3) is 5.69 Å². The summed E-state index contributed by atoms with van der Waals surface area (Å²) < 4.78 is 10.4. The number of aliphatic hydroxyl groups is 1. The van der Waals surface area contributed by atoms with Crippen LogP contribution in [0.2, 0.25) is 0 Å². The van der Waals surface area contributed by atoms with E-state index < -0.39 is 11.0 Å². The van der Waals surface area contributed by atoms with Gasteiger partial charge in [-0.15, -0.1) is 0 Å². The molecular formula is C14H22N2O5. The number of rotatable bonds is 11. The maximum absolute atomic E-state index is 10.5. The molecule has 1 atom stereocenters. The largest absolute Gasteiger partial charge is 0.389 e. The number of aliphatic hydroxyl groups excluding tert-OH is 1. The van der Waals surface area contributed by atoms with Gasteiger partial charge in [-0.2, -0.15) is 0 Å². The van der Waals surface area contributed by atoms with Gasteiger partial charge in [-0.1, -0.05) is 12.1 Å². The van der Waals surface area contributed by atoms with E-state index in [2.05, 4.69) is 5.32 Å². The fourth-order valence-electron chi connectivity index (χ4n) is 1.66. The van der Waals surface area contributed by atoms with E-state index in [-0.39, 0.29) is 12.3 Å². The highest BCUT2D eigenvalue weighted by Gasteiger charge is 2.06. The monoisotopic (exact) mass is 298 g/mol. The van der Waals surface area contributed by atoms with Crippen molar-refractivity contribution in [3.05, 3.63) is 39.9 Å². The first kappa shape index (κ1) is 17.5. The van der Waals surface area contributed by atoms with Crippen molar-refractivity contribution >= 4 is 5.69 Å². The summed E-state index contributed by atoms with van der Waals surface area (Å²) >= 11 is 0. The second-order valence-corrected chi connectivity index (χ2v) is 4.48. The quantitative estimate of drug-likeness (QED) is 0.361. The zero-order valence-corrected chi connectivity index (χ0v) is 12.2. The van der Waals surface area contributed by atoms with Gasteiger partial charge in [0.1, 0.15) is 0 Å². The summed E-state index contributed by atoms with van der Waals surface area (Å²) in [7, 11) is 0. The lowest BCUT2D eigenvalue weighted by Gasteiger charge is -2.12. The Kier molecular flexibility index (Phi) is 8.53. The molecule has 7 nitrogen and oxygen atoms in total. The van der Waals surface area contributed by atoms with Gasteiger partial charge in [0.05, 0.1) is 30.8 Å². The molecule has 1 rings (SSSR count). The molecule has 0 aliphatic carbocycles. The molecule has 0 amide bonds. The van der Waals surface area contributed by atoms with Crippen LogP contribution < -0.4 is 5.32 Å². The van der Waals surface area contributed by atoms with Gasteiger partial charge >= 0.3 is 0 Å². The third-order valence-corrected chi connectivity index (χ3v) is 2.74. The van der Waals surface area contributed by atoms with Crippen LogP contribution in [0.1, 0.15) is 12.5 Å². The number of non-ortho nitro benzene ring substituents is 1. The van der Waals surface area contributed by atoms with E-state index in [1.165, 1.54) is 12.1 Å². The van der Waals surface area contributed by atoms with Crippen molar-refractivity contribution in [2.24, 2.45) is 0 Å². The molecule has 0 saturated heterocycles. The average Bonchev–Trinajstić information content (AvgIpc) is 2.47. The van der Waals surface area contributed by atoms with Gasteiger partial charge in [0.15, 0.2) is 0 Å². The molecule has 1 aromatic carbocycles. The second-order valence-electron chi connectivity index (χ2n) is 4.48. The summed E-state index contributed by atoms with van der Waals surface area (Å²) in [6.45, 7) is 4.74. The van der Waals surface area contributed by atoms with Gasteiger partial charge in [-0.05, 0) is 12.5 Å². The third kappa shape index (κ3) is 7.72. The molecule has 2 N–H and O–H groups in total. The molecule has 0 bridgehead atoms. The molecule has 0 spiro atoms. The van der Waals surface area contributed by atoms with Crippen molar-refractivity contribution in [2.75, 3.05) is 33.0 Å². The van der Waals surface area contributed by atoms with E-state index in [0.29, 0.717) is 32.9 Å². The number of hydrogen-bond donors (Lipinski definition) is 2. The van der Waals surface area contributed by atoms with Crippen LogP contribution in [0.25, 0.3) is 0 Å². The Balaban J connectivity index is 2.13. The predicted octanol–water partition coefficient (Wildman–Crippen LogP) is 1.10. The maximum atomic E-state index is 10.5. The molecule has 21 heavy (non-hydrogen) atoms. The third-order valence-electron chi connectivity index (χ3n) is 2.74. The summed E-state index contributed by atoms with van der Waals surface area (Å²) in [5, 5.41) is 23.3. The van der Waals surface area contributed by atoms with Crippen molar-refractivity contribution in [2.45, 2.75) is 19.6 Å². The van der Waals surface area contributed by atoms with E-state index in [9.17, 15) is 15.2 Å². The van der Waals surface area contributed by atoms with Crippen molar-refractivity contribution in [3.63, 3.8) is 0 Å². The Hall–Kier alpha value is -1.54. The highest BCUT2D eigenvalue weighted by Crippen LogP contribution is 2.11. The number of nitrogens with one attached hydrogen (secondary N) is 1. The minimum absolute atomic E-state index is 0.0708. The van der Waals surface area contributed by atoms with Crippen LogP contribution in [0.3, 0.4) is 0 Å². The number of nitro groups is 1. The van der Waals surface area contributed by atoms with Crippen molar-refractivity contribution in [1.82, 2.24) is 5.32 Å². The SMILES string of the molecule is CCOCCOCC(O)CNCc1ccc([N+](=O)[O-])cc1. The van der Waals surface area contributed by atoms with E-state index in [1.807, 2.05) is 6.92 Å². The van der Waals surface area contributed by atoms with Crippen LogP contribution in [0.5, 0.6) is 0 Å². The van der Waals surface area contributed by atoms with Gasteiger partial charge < -0.3 is 19.9 Å². The van der Waals surface area contributed by atoms with Crippen LogP contribution in [0, 0.1) is 10.1 Å². The number of hydrogen-bond acceptors (Lipinski definition) is 6. The highest BCUT2D eigenvalue weighted by molar-refractivity contribution is 5.32. The number of ether oxygens (including phenoxy) is 2. The molecule has 1 aromatic rings. The molecule has 7 heteroatoms.